The first-order chi connectivity index (χ1) is 9.41. The molecule has 109 valence electrons. The smallest absolute Gasteiger partial charge is 0.335 e. The molecular formula is C12H13NNaO6S. The number of nitrogens with zero attached hydrogens (tertiary/aromatic N) is 1. The Labute approximate surface area is 145 Å². The van der Waals surface area contributed by atoms with Crippen LogP contribution in [-0.2, 0) is 4.79 Å². The number of aliphatic carboxylic acids is 1. The number of aliphatic hydroxyl groups excluding tert-OH is 4. The van der Waals surface area contributed by atoms with Gasteiger partial charge in [0.15, 0.2) is 6.10 Å². The van der Waals surface area contributed by atoms with Crippen molar-refractivity contribution in [2.24, 2.45) is 0 Å². The Hall–Kier alpha value is -0.580. The standard InChI is InChI=1S/C12H13NO6S.Na/c14-7(8(15)10(17)12(18)19)9(16)11-13-5-3-1-2-4-6(5)20-11;/h1-4,7-10,14-17H,(H,18,19);/t7-,8-,9+,10-;/m0./s1. The maximum atomic E-state index is 10.5. The van der Waals surface area contributed by atoms with E-state index in [1.165, 1.54) is 0 Å². The molecule has 0 aliphatic carbocycles. The number of carboxylic acid groups (broad SMARTS) is 1. The summed E-state index contributed by atoms with van der Waals surface area (Å²) in [6, 6.07) is 7.04. The first-order valence-corrected chi connectivity index (χ1v) is 6.54. The predicted molar refractivity (Wildman–Crippen MR) is 76.0 cm³/mol. The monoisotopic (exact) mass is 322 g/mol. The summed E-state index contributed by atoms with van der Waals surface area (Å²) in [7, 11) is 0. The van der Waals surface area contributed by atoms with Crippen LogP contribution < -0.4 is 0 Å². The number of para-hydroxylation sites is 1. The molecule has 0 amide bonds. The Bertz CT molecular complexity index is 588. The fourth-order valence-corrected chi connectivity index (χ4v) is 2.68. The average Bonchev–Trinajstić information content (AvgIpc) is 2.87. The molecule has 0 fully saturated rings. The second-order valence-corrected chi connectivity index (χ2v) is 5.29. The minimum atomic E-state index is -2.19. The summed E-state index contributed by atoms with van der Waals surface area (Å²) >= 11 is 1.11. The number of carboxylic acids is 1. The van der Waals surface area contributed by atoms with Gasteiger partial charge in [-0.25, -0.2) is 9.78 Å². The van der Waals surface area contributed by atoms with Crippen LogP contribution in [0.2, 0.25) is 0 Å². The molecule has 7 nitrogen and oxygen atoms in total. The molecule has 0 unspecified atom stereocenters. The molecule has 1 radical (unpaired) electrons. The first kappa shape index (κ1) is 18.5. The van der Waals surface area contributed by atoms with Gasteiger partial charge < -0.3 is 25.5 Å². The van der Waals surface area contributed by atoms with Gasteiger partial charge in [0.2, 0.25) is 0 Å². The molecule has 1 heterocycles. The quantitative estimate of drug-likeness (QED) is 0.452. The maximum absolute atomic E-state index is 10.5. The van der Waals surface area contributed by atoms with E-state index in [-0.39, 0.29) is 34.6 Å². The molecule has 1 aromatic carbocycles. The van der Waals surface area contributed by atoms with Gasteiger partial charge in [0.05, 0.1) is 10.2 Å². The summed E-state index contributed by atoms with van der Waals surface area (Å²) in [5.74, 6) is -1.69. The third-order valence-electron chi connectivity index (χ3n) is 2.81. The average molecular weight is 322 g/mol. The number of rotatable bonds is 5. The van der Waals surface area contributed by atoms with Gasteiger partial charge in [-0.3, -0.25) is 0 Å². The Morgan fingerprint density at radius 1 is 1.10 bits per heavy atom. The van der Waals surface area contributed by atoms with Gasteiger partial charge in [-0.15, -0.1) is 11.3 Å². The second-order valence-electron chi connectivity index (χ2n) is 4.23. The largest absolute Gasteiger partial charge is 0.479 e. The Balaban J connectivity index is 0.00000220. The van der Waals surface area contributed by atoms with Crippen molar-refractivity contribution in [2.45, 2.75) is 24.4 Å². The van der Waals surface area contributed by atoms with Crippen molar-refractivity contribution in [3.8, 4) is 0 Å². The van der Waals surface area contributed by atoms with Gasteiger partial charge in [-0.1, -0.05) is 12.1 Å². The third kappa shape index (κ3) is 3.99. The van der Waals surface area contributed by atoms with E-state index in [0.29, 0.717) is 5.52 Å². The van der Waals surface area contributed by atoms with Crippen LogP contribution >= 0.6 is 11.3 Å². The van der Waals surface area contributed by atoms with E-state index >= 15 is 0 Å². The fourth-order valence-electron chi connectivity index (χ4n) is 1.68. The van der Waals surface area contributed by atoms with Crippen molar-refractivity contribution in [1.82, 2.24) is 4.98 Å². The summed E-state index contributed by atoms with van der Waals surface area (Å²) in [4.78, 5) is 14.6. The Morgan fingerprint density at radius 2 is 1.71 bits per heavy atom. The zero-order chi connectivity index (χ0) is 14.9. The Morgan fingerprint density at radius 3 is 2.29 bits per heavy atom. The van der Waals surface area contributed by atoms with E-state index in [1.807, 2.05) is 0 Å². The van der Waals surface area contributed by atoms with Gasteiger partial charge in [0.25, 0.3) is 0 Å². The molecule has 1 aromatic heterocycles. The first-order valence-electron chi connectivity index (χ1n) is 5.72. The van der Waals surface area contributed by atoms with Crippen molar-refractivity contribution in [1.29, 1.82) is 0 Å². The van der Waals surface area contributed by atoms with Crippen LogP contribution in [0.4, 0.5) is 0 Å². The summed E-state index contributed by atoms with van der Waals surface area (Å²) < 4.78 is 0.780. The zero-order valence-electron chi connectivity index (χ0n) is 11.1. The predicted octanol–water partition coefficient (Wildman–Crippen LogP) is -0.884. The normalized spacial score (nSPS) is 16.8. The van der Waals surface area contributed by atoms with Crippen LogP contribution in [0.3, 0.4) is 0 Å². The molecule has 0 saturated carbocycles. The van der Waals surface area contributed by atoms with Crippen LogP contribution in [0.1, 0.15) is 11.1 Å². The molecule has 5 N–H and O–H groups in total. The summed E-state index contributed by atoms with van der Waals surface area (Å²) in [6.45, 7) is 0. The van der Waals surface area contributed by atoms with Crippen molar-refractivity contribution in [2.75, 3.05) is 0 Å². The molecule has 0 aliphatic heterocycles. The van der Waals surface area contributed by atoms with Crippen LogP contribution in [0.25, 0.3) is 10.2 Å². The van der Waals surface area contributed by atoms with Crippen molar-refractivity contribution in [3.05, 3.63) is 29.3 Å². The van der Waals surface area contributed by atoms with E-state index in [1.54, 1.807) is 24.3 Å². The van der Waals surface area contributed by atoms with Gasteiger partial charge in [0, 0.05) is 29.6 Å². The van der Waals surface area contributed by atoms with Crippen LogP contribution in [0, 0.1) is 0 Å². The van der Waals surface area contributed by atoms with Crippen molar-refractivity contribution >= 4 is 57.1 Å². The van der Waals surface area contributed by atoms with Crippen molar-refractivity contribution in [3.63, 3.8) is 0 Å². The molecule has 2 aromatic rings. The molecule has 21 heavy (non-hydrogen) atoms. The molecular weight excluding hydrogens is 309 g/mol. The number of aromatic nitrogens is 1. The maximum Gasteiger partial charge on any atom is 0.335 e. The SMILES string of the molecule is O=C(O)[C@@H](O)[C@@H](O)[C@H](O)[C@@H](O)c1nc2ccccc2s1.[Na]. The van der Waals surface area contributed by atoms with Gasteiger partial charge in [-0.2, -0.15) is 0 Å². The number of hydrogen-bond donors (Lipinski definition) is 5. The van der Waals surface area contributed by atoms with E-state index in [0.717, 1.165) is 16.0 Å². The molecule has 4 atom stereocenters. The number of carbonyl (C=O) groups is 1. The molecule has 9 heteroatoms. The third-order valence-corrected chi connectivity index (χ3v) is 3.92. The summed E-state index contributed by atoms with van der Waals surface area (Å²) in [5.41, 5.74) is 0.618. The Kier molecular flexibility index (Phi) is 6.70. The van der Waals surface area contributed by atoms with Crippen LogP contribution in [0.15, 0.2) is 24.3 Å². The minimum Gasteiger partial charge on any atom is -0.479 e. The molecule has 0 bridgehead atoms. The van der Waals surface area contributed by atoms with Crippen LogP contribution in [0.5, 0.6) is 0 Å². The molecule has 0 saturated heterocycles. The fraction of sp³-hybridized carbons (Fsp3) is 0.333. The topological polar surface area (TPSA) is 131 Å². The van der Waals surface area contributed by atoms with Crippen LogP contribution in [-0.4, -0.2) is 84.4 Å². The van der Waals surface area contributed by atoms with Gasteiger partial charge >= 0.3 is 5.97 Å². The minimum absolute atomic E-state index is 0. The number of hydrogen-bond acceptors (Lipinski definition) is 7. The van der Waals surface area contributed by atoms with E-state index in [4.69, 9.17) is 10.2 Å². The van der Waals surface area contributed by atoms with Gasteiger partial charge in [-0.05, 0) is 12.1 Å². The molecule has 2 rings (SSSR count). The number of thiazole rings is 1. The van der Waals surface area contributed by atoms with E-state index < -0.39 is 30.4 Å². The zero-order valence-corrected chi connectivity index (χ0v) is 13.9. The van der Waals surface area contributed by atoms with Crippen molar-refractivity contribution < 1.29 is 30.3 Å². The number of aliphatic hydroxyl groups is 4. The number of fused-ring (bicyclic) bond motifs is 1. The summed E-state index contributed by atoms with van der Waals surface area (Å²) in [5, 5.41) is 47.0. The summed E-state index contributed by atoms with van der Waals surface area (Å²) in [6.07, 6.45) is -7.65. The van der Waals surface area contributed by atoms with E-state index in [2.05, 4.69) is 4.98 Å². The molecule has 0 aliphatic rings. The van der Waals surface area contributed by atoms with Gasteiger partial charge in [0.1, 0.15) is 23.3 Å². The number of benzene rings is 1. The molecule has 0 spiro atoms. The van der Waals surface area contributed by atoms with E-state index in [9.17, 15) is 20.1 Å². The second kappa shape index (κ2) is 7.61.